The summed E-state index contributed by atoms with van der Waals surface area (Å²) in [5, 5.41) is 23.7. The Morgan fingerprint density at radius 1 is 1.33 bits per heavy atom. The van der Waals surface area contributed by atoms with Gasteiger partial charge in [-0.25, -0.2) is 9.59 Å². The summed E-state index contributed by atoms with van der Waals surface area (Å²) in [6, 6.07) is 0. The van der Waals surface area contributed by atoms with E-state index >= 15 is 0 Å². The molecule has 0 aliphatic rings. The number of hydrogen-bond donors (Lipinski definition) is 3. The zero-order chi connectivity index (χ0) is 12.4. The van der Waals surface area contributed by atoms with Crippen LogP contribution in [0.15, 0.2) is 12.7 Å². The van der Waals surface area contributed by atoms with Crippen LogP contribution in [0.2, 0.25) is 0 Å². The fourth-order valence-corrected chi connectivity index (χ4v) is 0.460. The number of ether oxygens (including phenoxy) is 1. The zero-order valence-corrected chi connectivity index (χ0v) is 8.04. The maximum Gasteiger partial charge on any atom is 0.506 e. The Bertz CT molecular complexity index is 229. The summed E-state index contributed by atoms with van der Waals surface area (Å²) in [6.07, 6.45) is -1.70. The largest absolute Gasteiger partial charge is 0.506 e. The lowest BCUT2D eigenvalue weighted by molar-refractivity contribution is -0.139. The quantitative estimate of drug-likeness (QED) is 0.473. The lowest BCUT2D eigenvalue weighted by Crippen LogP contribution is -2.16. The fourth-order valence-electron chi connectivity index (χ4n) is 0.460. The van der Waals surface area contributed by atoms with E-state index in [0.29, 0.717) is 0 Å². The molecule has 7 heteroatoms. The van der Waals surface area contributed by atoms with Crippen molar-refractivity contribution >= 4 is 18.1 Å². The van der Waals surface area contributed by atoms with E-state index in [1.54, 1.807) is 0 Å². The molecule has 0 saturated heterocycles. The summed E-state index contributed by atoms with van der Waals surface area (Å²) in [6.45, 7) is 4.34. The normalized spacial score (nSPS) is 10.2. The van der Waals surface area contributed by atoms with E-state index in [-0.39, 0.29) is 6.42 Å². The van der Waals surface area contributed by atoms with Crippen LogP contribution in [-0.2, 0) is 14.3 Å². The minimum Gasteiger partial charge on any atom is -0.481 e. The van der Waals surface area contributed by atoms with Crippen molar-refractivity contribution in [2.45, 2.75) is 19.4 Å². The lowest BCUT2D eigenvalue weighted by Gasteiger charge is -2.05. The molecule has 15 heavy (non-hydrogen) atoms. The van der Waals surface area contributed by atoms with Gasteiger partial charge >= 0.3 is 18.1 Å². The molecule has 0 radical (unpaired) electrons. The van der Waals surface area contributed by atoms with Crippen LogP contribution in [0.3, 0.4) is 0 Å². The first kappa shape index (κ1) is 15.4. The SMILES string of the molecule is C=CC(=O)O.CC(CC(=O)O)OC(=O)O. The van der Waals surface area contributed by atoms with Gasteiger partial charge < -0.3 is 20.1 Å². The molecule has 0 aromatic heterocycles. The van der Waals surface area contributed by atoms with E-state index in [2.05, 4.69) is 11.3 Å². The highest BCUT2D eigenvalue weighted by Crippen LogP contribution is 1.96. The van der Waals surface area contributed by atoms with Crippen molar-refractivity contribution in [3.8, 4) is 0 Å². The first-order valence-electron chi connectivity index (χ1n) is 3.76. The molecular weight excluding hydrogens is 208 g/mol. The lowest BCUT2D eigenvalue weighted by atomic mass is 10.3. The van der Waals surface area contributed by atoms with Crippen molar-refractivity contribution in [2.75, 3.05) is 0 Å². The number of aliphatic carboxylic acids is 2. The summed E-state index contributed by atoms with van der Waals surface area (Å²) < 4.78 is 4.10. The van der Waals surface area contributed by atoms with Crippen molar-refractivity contribution < 1.29 is 34.4 Å². The number of rotatable bonds is 4. The molecule has 1 unspecified atom stereocenters. The first-order valence-corrected chi connectivity index (χ1v) is 3.76. The van der Waals surface area contributed by atoms with Gasteiger partial charge in [-0.05, 0) is 6.92 Å². The molecule has 0 amide bonds. The maximum absolute atomic E-state index is 9.92. The Kier molecular flexibility index (Phi) is 8.79. The van der Waals surface area contributed by atoms with Crippen LogP contribution < -0.4 is 0 Å². The number of carboxylic acid groups (broad SMARTS) is 3. The molecule has 0 aromatic rings. The average Bonchev–Trinajstić information content (AvgIpc) is 2.01. The van der Waals surface area contributed by atoms with Gasteiger partial charge in [0.15, 0.2) is 0 Å². The first-order chi connectivity index (χ1) is 6.79. The monoisotopic (exact) mass is 220 g/mol. The Hall–Kier alpha value is -2.05. The smallest absolute Gasteiger partial charge is 0.481 e. The second kappa shape index (κ2) is 8.54. The van der Waals surface area contributed by atoms with Crippen molar-refractivity contribution in [1.82, 2.24) is 0 Å². The summed E-state index contributed by atoms with van der Waals surface area (Å²) in [7, 11) is 0. The Morgan fingerprint density at radius 2 is 1.73 bits per heavy atom. The van der Waals surface area contributed by atoms with E-state index in [1.807, 2.05) is 0 Å². The van der Waals surface area contributed by atoms with E-state index in [0.717, 1.165) is 6.08 Å². The topological polar surface area (TPSA) is 121 Å². The summed E-state index contributed by atoms with van der Waals surface area (Å²) in [4.78, 5) is 28.9. The Labute approximate surface area is 85.6 Å². The van der Waals surface area contributed by atoms with Gasteiger partial charge in [0, 0.05) is 6.08 Å². The molecule has 7 nitrogen and oxygen atoms in total. The number of carbonyl (C=O) groups is 3. The van der Waals surface area contributed by atoms with E-state index < -0.39 is 24.2 Å². The molecule has 0 heterocycles. The predicted octanol–water partition coefficient (Wildman–Crippen LogP) is 0.801. The van der Waals surface area contributed by atoms with Crippen LogP contribution in [0.1, 0.15) is 13.3 Å². The standard InChI is InChI=1S/C5H8O5.C3H4O2/c1-3(2-4(6)7)10-5(8)9;1-2-3(4)5/h3H,2H2,1H3,(H,6,7)(H,8,9);2H,1H2,(H,4,5). The molecule has 0 bridgehead atoms. The number of carboxylic acids is 2. The molecule has 3 N–H and O–H groups in total. The Balaban J connectivity index is 0. The average molecular weight is 220 g/mol. The predicted molar refractivity (Wildman–Crippen MR) is 48.7 cm³/mol. The van der Waals surface area contributed by atoms with Crippen LogP contribution in [0.25, 0.3) is 0 Å². The van der Waals surface area contributed by atoms with Gasteiger partial charge in [-0.1, -0.05) is 6.58 Å². The second-order valence-corrected chi connectivity index (χ2v) is 2.33. The second-order valence-electron chi connectivity index (χ2n) is 2.33. The van der Waals surface area contributed by atoms with Gasteiger partial charge in [0.2, 0.25) is 0 Å². The van der Waals surface area contributed by atoms with E-state index in [9.17, 15) is 14.4 Å². The molecule has 0 rings (SSSR count). The summed E-state index contributed by atoms with van der Waals surface area (Å²) in [5.74, 6) is -2.06. The highest BCUT2D eigenvalue weighted by atomic mass is 16.7. The molecule has 1 atom stereocenters. The fraction of sp³-hybridized carbons (Fsp3) is 0.375. The maximum atomic E-state index is 9.92. The van der Waals surface area contributed by atoms with Gasteiger partial charge in [-0.2, -0.15) is 0 Å². The van der Waals surface area contributed by atoms with Crippen LogP contribution >= 0.6 is 0 Å². The third kappa shape index (κ3) is 18.7. The molecule has 0 saturated carbocycles. The molecular formula is C8H12O7. The minimum atomic E-state index is -1.45. The van der Waals surface area contributed by atoms with Crippen LogP contribution in [0.4, 0.5) is 4.79 Å². The third-order valence-corrected chi connectivity index (χ3v) is 0.939. The highest BCUT2D eigenvalue weighted by molar-refractivity contribution is 5.78. The van der Waals surface area contributed by atoms with Crippen molar-refractivity contribution in [1.29, 1.82) is 0 Å². The van der Waals surface area contributed by atoms with Crippen molar-refractivity contribution in [2.24, 2.45) is 0 Å². The van der Waals surface area contributed by atoms with E-state index in [4.69, 9.17) is 15.3 Å². The molecule has 0 aliphatic carbocycles. The summed E-state index contributed by atoms with van der Waals surface area (Å²) >= 11 is 0. The van der Waals surface area contributed by atoms with Gasteiger partial charge in [0.1, 0.15) is 6.10 Å². The van der Waals surface area contributed by atoms with Gasteiger partial charge in [0.25, 0.3) is 0 Å². The van der Waals surface area contributed by atoms with Crippen LogP contribution in [0, 0.1) is 0 Å². The van der Waals surface area contributed by atoms with Gasteiger partial charge in [0.05, 0.1) is 6.42 Å². The van der Waals surface area contributed by atoms with E-state index in [1.165, 1.54) is 6.92 Å². The Morgan fingerprint density at radius 3 is 1.93 bits per heavy atom. The van der Waals surface area contributed by atoms with Crippen molar-refractivity contribution in [3.63, 3.8) is 0 Å². The molecule has 0 fully saturated rings. The van der Waals surface area contributed by atoms with Crippen molar-refractivity contribution in [3.05, 3.63) is 12.7 Å². The van der Waals surface area contributed by atoms with Gasteiger partial charge in [-0.15, -0.1) is 0 Å². The number of hydrogen-bond acceptors (Lipinski definition) is 4. The summed E-state index contributed by atoms with van der Waals surface area (Å²) in [5.41, 5.74) is 0. The molecule has 0 aromatic carbocycles. The third-order valence-electron chi connectivity index (χ3n) is 0.939. The van der Waals surface area contributed by atoms with Gasteiger partial charge in [-0.3, -0.25) is 4.79 Å². The molecule has 0 aliphatic heterocycles. The van der Waals surface area contributed by atoms with Crippen LogP contribution in [0.5, 0.6) is 0 Å². The van der Waals surface area contributed by atoms with Crippen LogP contribution in [-0.4, -0.2) is 39.5 Å². The minimum absolute atomic E-state index is 0.299. The highest BCUT2D eigenvalue weighted by Gasteiger charge is 2.10. The molecule has 86 valence electrons. The zero-order valence-electron chi connectivity index (χ0n) is 8.04. The molecule has 0 spiro atoms.